The van der Waals surface area contributed by atoms with E-state index in [9.17, 15) is 0 Å². The van der Waals surface area contributed by atoms with Crippen molar-refractivity contribution in [2.45, 2.75) is 32.9 Å². The third kappa shape index (κ3) is 3.40. The molecule has 1 aromatic heterocycles. The summed E-state index contributed by atoms with van der Waals surface area (Å²) in [6.07, 6.45) is 1.19. The van der Waals surface area contributed by atoms with Gasteiger partial charge in [0.1, 0.15) is 0 Å². The molecule has 1 atom stereocenters. The van der Waals surface area contributed by atoms with E-state index in [0.717, 1.165) is 19.6 Å². The first kappa shape index (κ1) is 11.7. The molecule has 0 radical (unpaired) electrons. The average molecular weight is 212 g/mol. The van der Waals surface area contributed by atoms with Gasteiger partial charge < -0.3 is 5.73 Å². The Hall–Kier alpha value is -0.380. The minimum atomic E-state index is 0.626. The van der Waals surface area contributed by atoms with E-state index in [1.54, 1.807) is 0 Å². The summed E-state index contributed by atoms with van der Waals surface area (Å²) in [6, 6.07) is 4.93. The molecule has 0 unspecified atom stereocenters. The molecule has 0 fully saturated rings. The van der Waals surface area contributed by atoms with Crippen molar-refractivity contribution in [3.63, 3.8) is 0 Å². The molecule has 2 nitrogen and oxygen atoms in total. The quantitative estimate of drug-likeness (QED) is 0.784. The Kier molecular flexibility index (Phi) is 5.15. The van der Waals surface area contributed by atoms with Gasteiger partial charge in [0.15, 0.2) is 0 Å². The molecule has 0 aliphatic rings. The Morgan fingerprint density at radius 3 is 2.86 bits per heavy atom. The zero-order valence-corrected chi connectivity index (χ0v) is 9.89. The van der Waals surface area contributed by atoms with Crippen LogP contribution in [0.1, 0.15) is 25.1 Å². The van der Waals surface area contributed by atoms with E-state index >= 15 is 0 Å². The van der Waals surface area contributed by atoms with Gasteiger partial charge in [-0.05, 0) is 24.8 Å². The predicted octanol–water partition coefficient (Wildman–Crippen LogP) is 2.31. The molecule has 0 bridgehead atoms. The highest BCUT2D eigenvalue weighted by Gasteiger charge is 2.11. The molecule has 0 aromatic carbocycles. The van der Waals surface area contributed by atoms with Gasteiger partial charge in [-0.15, -0.1) is 11.3 Å². The van der Waals surface area contributed by atoms with Crippen LogP contribution in [-0.4, -0.2) is 24.0 Å². The lowest BCUT2D eigenvalue weighted by Gasteiger charge is -2.27. The fraction of sp³-hybridized carbons (Fsp3) is 0.636. The predicted molar refractivity (Wildman–Crippen MR) is 63.5 cm³/mol. The van der Waals surface area contributed by atoms with Gasteiger partial charge >= 0.3 is 0 Å². The van der Waals surface area contributed by atoms with Crippen molar-refractivity contribution in [2.24, 2.45) is 5.73 Å². The van der Waals surface area contributed by atoms with Gasteiger partial charge in [0.2, 0.25) is 0 Å². The van der Waals surface area contributed by atoms with Crippen molar-refractivity contribution < 1.29 is 0 Å². The molecular weight excluding hydrogens is 192 g/mol. The van der Waals surface area contributed by atoms with E-state index in [0.29, 0.717) is 6.04 Å². The Labute approximate surface area is 90.7 Å². The van der Waals surface area contributed by atoms with Gasteiger partial charge in [0.25, 0.3) is 0 Å². The summed E-state index contributed by atoms with van der Waals surface area (Å²) >= 11 is 1.82. The zero-order chi connectivity index (χ0) is 10.4. The summed E-state index contributed by atoms with van der Waals surface area (Å²) in [5.41, 5.74) is 5.61. The maximum Gasteiger partial charge on any atom is 0.0331 e. The second-order valence-electron chi connectivity index (χ2n) is 3.60. The molecule has 0 aliphatic heterocycles. The summed E-state index contributed by atoms with van der Waals surface area (Å²) in [5, 5.41) is 2.13. The highest BCUT2D eigenvalue weighted by molar-refractivity contribution is 7.09. The van der Waals surface area contributed by atoms with Crippen LogP contribution in [0.15, 0.2) is 17.5 Å². The first-order chi connectivity index (χ1) is 6.77. The summed E-state index contributed by atoms with van der Waals surface area (Å²) in [5.74, 6) is 0. The molecule has 0 saturated carbocycles. The van der Waals surface area contributed by atoms with Crippen molar-refractivity contribution in [3.05, 3.63) is 22.4 Å². The van der Waals surface area contributed by atoms with Crippen molar-refractivity contribution in [2.75, 3.05) is 13.1 Å². The number of hydrogen-bond donors (Lipinski definition) is 1. The number of hydrogen-bond acceptors (Lipinski definition) is 3. The van der Waals surface area contributed by atoms with Gasteiger partial charge in [0, 0.05) is 30.6 Å². The lowest BCUT2D eigenvalue weighted by molar-refractivity contribution is 0.203. The fourth-order valence-electron chi connectivity index (χ4n) is 1.48. The van der Waals surface area contributed by atoms with E-state index in [2.05, 4.69) is 36.3 Å². The highest BCUT2D eigenvalue weighted by atomic mass is 32.1. The second kappa shape index (κ2) is 6.17. The van der Waals surface area contributed by atoms with E-state index in [1.165, 1.54) is 11.3 Å². The Balaban J connectivity index is 2.50. The molecule has 1 heterocycles. The Morgan fingerprint density at radius 2 is 2.36 bits per heavy atom. The normalized spacial score (nSPS) is 13.4. The first-order valence-corrected chi connectivity index (χ1v) is 6.12. The molecule has 0 saturated heterocycles. The first-order valence-electron chi connectivity index (χ1n) is 5.24. The molecule has 1 aromatic rings. The van der Waals surface area contributed by atoms with Crippen LogP contribution in [-0.2, 0) is 6.54 Å². The smallest absolute Gasteiger partial charge is 0.0331 e. The van der Waals surface area contributed by atoms with Crippen LogP contribution in [0, 0.1) is 0 Å². The third-order valence-electron chi connectivity index (χ3n) is 2.57. The molecule has 1 rings (SSSR count). The molecule has 0 spiro atoms. The van der Waals surface area contributed by atoms with Crippen molar-refractivity contribution in [3.8, 4) is 0 Å². The number of nitrogens with zero attached hydrogens (tertiary/aromatic N) is 1. The molecule has 14 heavy (non-hydrogen) atoms. The number of thiophene rings is 1. The Bertz CT molecular complexity index is 233. The molecule has 2 N–H and O–H groups in total. The summed E-state index contributed by atoms with van der Waals surface area (Å²) in [6.45, 7) is 7.28. The number of rotatable bonds is 6. The van der Waals surface area contributed by atoms with Gasteiger partial charge in [0.05, 0.1) is 0 Å². The van der Waals surface area contributed by atoms with Crippen LogP contribution >= 0.6 is 11.3 Å². The molecule has 0 amide bonds. The van der Waals surface area contributed by atoms with Crippen LogP contribution < -0.4 is 5.73 Å². The lowest BCUT2D eigenvalue weighted by atomic mass is 10.2. The third-order valence-corrected chi connectivity index (χ3v) is 3.43. The minimum Gasteiger partial charge on any atom is -0.329 e. The molecule has 80 valence electrons. The fourth-order valence-corrected chi connectivity index (χ4v) is 2.21. The zero-order valence-electron chi connectivity index (χ0n) is 9.07. The topological polar surface area (TPSA) is 29.3 Å². The summed E-state index contributed by atoms with van der Waals surface area (Å²) < 4.78 is 0. The van der Waals surface area contributed by atoms with Crippen LogP contribution in [0.2, 0.25) is 0 Å². The van der Waals surface area contributed by atoms with Crippen LogP contribution in [0.5, 0.6) is 0 Å². The summed E-state index contributed by atoms with van der Waals surface area (Å²) in [4.78, 5) is 3.88. The SMILES string of the molecule is CC[C@@H](C)N(CCN)Cc1cccs1. The maximum absolute atomic E-state index is 5.61. The summed E-state index contributed by atoms with van der Waals surface area (Å²) in [7, 11) is 0. The monoisotopic (exact) mass is 212 g/mol. The van der Waals surface area contributed by atoms with Gasteiger partial charge in [-0.2, -0.15) is 0 Å². The highest BCUT2D eigenvalue weighted by Crippen LogP contribution is 2.14. The van der Waals surface area contributed by atoms with Gasteiger partial charge in [-0.3, -0.25) is 4.90 Å². The van der Waals surface area contributed by atoms with Crippen molar-refractivity contribution in [1.82, 2.24) is 4.90 Å². The molecular formula is C11H20N2S. The van der Waals surface area contributed by atoms with Crippen molar-refractivity contribution in [1.29, 1.82) is 0 Å². The van der Waals surface area contributed by atoms with Crippen LogP contribution in [0.25, 0.3) is 0 Å². The lowest BCUT2D eigenvalue weighted by Crippen LogP contribution is -2.35. The minimum absolute atomic E-state index is 0.626. The van der Waals surface area contributed by atoms with E-state index in [1.807, 2.05) is 11.3 Å². The van der Waals surface area contributed by atoms with E-state index in [-0.39, 0.29) is 0 Å². The second-order valence-corrected chi connectivity index (χ2v) is 4.63. The van der Waals surface area contributed by atoms with Gasteiger partial charge in [-0.1, -0.05) is 13.0 Å². The number of nitrogens with two attached hydrogens (primary N) is 1. The molecule has 0 aliphatic carbocycles. The Morgan fingerprint density at radius 1 is 1.57 bits per heavy atom. The van der Waals surface area contributed by atoms with E-state index in [4.69, 9.17) is 5.73 Å². The van der Waals surface area contributed by atoms with E-state index < -0.39 is 0 Å². The van der Waals surface area contributed by atoms with Crippen LogP contribution in [0.3, 0.4) is 0 Å². The van der Waals surface area contributed by atoms with Crippen molar-refractivity contribution >= 4 is 11.3 Å². The maximum atomic E-state index is 5.61. The standard InChI is InChI=1S/C11H20N2S/c1-3-10(2)13(7-6-12)9-11-5-4-8-14-11/h4-5,8,10H,3,6-7,9,12H2,1-2H3/t10-/m1/s1. The molecule has 3 heteroatoms. The largest absolute Gasteiger partial charge is 0.329 e. The average Bonchev–Trinajstić information content (AvgIpc) is 2.68. The van der Waals surface area contributed by atoms with Gasteiger partial charge in [-0.25, -0.2) is 0 Å². The van der Waals surface area contributed by atoms with Crippen LogP contribution in [0.4, 0.5) is 0 Å².